The highest BCUT2D eigenvalue weighted by Crippen LogP contribution is 2.18. The van der Waals surface area contributed by atoms with Gasteiger partial charge in [-0.2, -0.15) is 0 Å². The van der Waals surface area contributed by atoms with Crippen LogP contribution < -0.4 is 5.32 Å². The molecule has 0 saturated heterocycles. The Morgan fingerprint density at radius 3 is 1.22 bits per heavy atom. The second-order valence-electron chi connectivity index (χ2n) is 19.3. The number of esters is 1. The van der Waals surface area contributed by atoms with Crippen LogP contribution in [0.5, 0.6) is 0 Å². The Hall–Kier alpha value is -1.92. The lowest BCUT2D eigenvalue weighted by molar-refractivity contribution is -0.151. The fourth-order valence-corrected chi connectivity index (χ4v) is 8.67. The van der Waals surface area contributed by atoms with Crippen molar-refractivity contribution < 1.29 is 24.5 Å². The van der Waals surface area contributed by atoms with E-state index >= 15 is 0 Å². The van der Waals surface area contributed by atoms with E-state index in [2.05, 4.69) is 62.5 Å². The molecule has 0 rings (SSSR count). The van der Waals surface area contributed by atoms with Crippen LogP contribution >= 0.6 is 0 Å². The third-order valence-electron chi connectivity index (χ3n) is 13.0. The van der Waals surface area contributed by atoms with Crippen molar-refractivity contribution in [1.29, 1.82) is 0 Å². The molecule has 0 fully saturated rings. The standard InChI is InChI=1S/C58H109NO5/c1-4-7-10-13-16-19-22-24-26-27-28-29-31-33-36-39-42-45-48-51-58(63)64-54(49-46-43-40-37-35-32-30-25-23-20-17-14-11-8-5-2)52-57(62)59-55(53-60)56(61)50-47-44-41-38-34-21-18-15-12-9-6-3/h17,20,25,30,35,37,54-56,60-61H,4-16,18-19,21-24,26-29,31-34,36,38-53H2,1-3H3,(H,59,62)/b20-17-,30-25-,37-35-. The number of amides is 1. The van der Waals surface area contributed by atoms with Gasteiger partial charge >= 0.3 is 5.97 Å². The van der Waals surface area contributed by atoms with Crippen LogP contribution in [-0.2, 0) is 14.3 Å². The SMILES string of the molecule is CCCCC/C=C\C/C=C\C/C=C\CCCCC(CC(=O)NC(CO)C(O)CCCCCCCCCCCCC)OC(=O)CCCCCCCCCCCCCCCCCCCCC. The topological polar surface area (TPSA) is 95.9 Å². The highest BCUT2D eigenvalue weighted by molar-refractivity contribution is 5.77. The summed E-state index contributed by atoms with van der Waals surface area (Å²) in [5.74, 6) is -0.497. The predicted molar refractivity (Wildman–Crippen MR) is 278 cm³/mol. The quantitative estimate of drug-likeness (QED) is 0.0321. The van der Waals surface area contributed by atoms with Gasteiger partial charge in [-0.3, -0.25) is 9.59 Å². The lowest BCUT2D eigenvalue weighted by Gasteiger charge is -2.24. The van der Waals surface area contributed by atoms with E-state index in [-0.39, 0.29) is 24.9 Å². The molecule has 0 radical (unpaired) electrons. The highest BCUT2D eigenvalue weighted by Gasteiger charge is 2.24. The Balaban J connectivity index is 4.55. The number of ether oxygens (including phenoxy) is 1. The van der Waals surface area contributed by atoms with E-state index in [0.29, 0.717) is 19.3 Å². The number of carbonyl (C=O) groups is 2. The normalized spacial score (nSPS) is 13.4. The molecular formula is C58H109NO5. The lowest BCUT2D eigenvalue weighted by atomic mass is 10.0. The van der Waals surface area contributed by atoms with E-state index in [9.17, 15) is 19.8 Å². The van der Waals surface area contributed by atoms with Crippen molar-refractivity contribution in [3.63, 3.8) is 0 Å². The number of aliphatic hydroxyl groups excluding tert-OH is 2. The van der Waals surface area contributed by atoms with Gasteiger partial charge in [-0.15, -0.1) is 0 Å². The molecule has 0 aliphatic rings. The molecule has 0 aromatic carbocycles. The molecular weight excluding hydrogens is 791 g/mol. The molecule has 3 N–H and O–H groups in total. The Kier molecular flexibility index (Phi) is 50.5. The number of hydrogen-bond acceptors (Lipinski definition) is 5. The van der Waals surface area contributed by atoms with Crippen molar-refractivity contribution in [3.8, 4) is 0 Å². The third-order valence-corrected chi connectivity index (χ3v) is 13.0. The van der Waals surface area contributed by atoms with Gasteiger partial charge in [0.1, 0.15) is 6.10 Å². The van der Waals surface area contributed by atoms with Crippen LogP contribution in [0.15, 0.2) is 36.5 Å². The fraction of sp³-hybridized carbons (Fsp3) is 0.862. The smallest absolute Gasteiger partial charge is 0.306 e. The zero-order chi connectivity index (χ0) is 46.7. The molecule has 3 unspecified atom stereocenters. The van der Waals surface area contributed by atoms with E-state index in [0.717, 1.165) is 70.6 Å². The molecule has 6 heteroatoms. The second kappa shape index (κ2) is 52.1. The van der Waals surface area contributed by atoms with Crippen molar-refractivity contribution in [1.82, 2.24) is 5.32 Å². The van der Waals surface area contributed by atoms with Crippen LogP contribution in [0.3, 0.4) is 0 Å². The Bertz CT molecular complexity index is 1060. The van der Waals surface area contributed by atoms with E-state index in [1.165, 1.54) is 180 Å². The van der Waals surface area contributed by atoms with Crippen LogP contribution in [0, 0.1) is 0 Å². The minimum absolute atomic E-state index is 0.0558. The van der Waals surface area contributed by atoms with Crippen LogP contribution in [0.2, 0.25) is 0 Å². The Labute approximate surface area is 398 Å². The number of nitrogens with one attached hydrogen (secondary N) is 1. The molecule has 0 aromatic heterocycles. The monoisotopic (exact) mass is 900 g/mol. The van der Waals surface area contributed by atoms with Crippen LogP contribution in [-0.4, -0.2) is 46.9 Å². The van der Waals surface area contributed by atoms with E-state index in [4.69, 9.17) is 4.74 Å². The van der Waals surface area contributed by atoms with Crippen molar-refractivity contribution >= 4 is 11.9 Å². The maximum Gasteiger partial charge on any atom is 0.306 e. The van der Waals surface area contributed by atoms with Gasteiger partial charge in [0.05, 0.1) is 25.2 Å². The average molecular weight is 901 g/mol. The Morgan fingerprint density at radius 2 is 0.797 bits per heavy atom. The predicted octanol–water partition coefficient (Wildman–Crippen LogP) is 17.2. The molecule has 3 atom stereocenters. The molecule has 0 aromatic rings. The molecule has 0 spiro atoms. The fourth-order valence-electron chi connectivity index (χ4n) is 8.67. The summed E-state index contributed by atoms with van der Waals surface area (Å²) < 4.78 is 5.94. The van der Waals surface area contributed by atoms with Gasteiger partial charge in [-0.05, 0) is 64.2 Å². The number of allylic oxidation sites excluding steroid dienone is 6. The summed E-state index contributed by atoms with van der Waals surface area (Å²) in [5, 5.41) is 23.8. The van der Waals surface area contributed by atoms with Crippen LogP contribution in [0.1, 0.15) is 297 Å². The van der Waals surface area contributed by atoms with Gasteiger partial charge < -0.3 is 20.3 Å². The van der Waals surface area contributed by atoms with Gasteiger partial charge in [0, 0.05) is 6.42 Å². The lowest BCUT2D eigenvalue weighted by Crippen LogP contribution is -2.46. The van der Waals surface area contributed by atoms with Crippen molar-refractivity contribution in [2.24, 2.45) is 0 Å². The number of unbranched alkanes of at least 4 members (excludes halogenated alkanes) is 33. The number of carbonyl (C=O) groups excluding carboxylic acids is 2. The molecule has 64 heavy (non-hydrogen) atoms. The van der Waals surface area contributed by atoms with E-state index < -0.39 is 18.2 Å². The van der Waals surface area contributed by atoms with Crippen molar-refractivity contribution in [3.05, 3.63) is 36.5 Å². The first kappa shape index (κ1) is 62.1. The van der Waals surface area contributed by atoms with Crippen LogP contribution in [0.25, 0.3) is 0 Å². The third kappa shape index (κ3) is 46.6. The maximum absolute atomic E-state index is 13.2. The summed E-state index contributed by atoms with van der Waals surface area (Å²) in [6.07, 6.45) is 62.1. The van der Waals surface area contributed by atoms with E-state index in [1.54, 1.807) is 0 Å². The number of aliphatic hydroxyl groups is 2. The summed E-state index contributed by atoms with van der Waals surface area (Å²) in [6.45, 7) is 6.47. The molecule has 6 nitrogen and oxygen atoms in total. The minimum Gasteiger partial charge on any atom is -0.462 e. The summed E-state index contributed by atoms with van der Waals surface area (Å²) in [7, 11) is 0. The molecule has 0 saturated carbocycles. The minimum atomic E-state index is -0.795. The zero-order valence-electron chi connectivity index (χ0n) is 42.9. The van der Waals surface area contributed by atoms with Gasteiger partial charge in [0.2, 0.25) is 5.91 Å². The first-order valence-electron chi connectivity index (χ1n) is 28.2. The summed E-state index contributed by atoms with van der Waals surface area (Å²) in [4.78, 5) is 26.2. The maximum atomic E-state index is 13.2. The van der Waals surface area contributed by atoms with Gasteiger partial charge in [0.25, 0.3) is 0 Å². The molecule has 376 valence electrons. The summed E-state index contributed by atoms with van der Waals surface area (Å²) in [6, 6.07) is -0.711. The summed E-state index contributed by atoms with van der Waals surface area (Å²) in [5.41, 5.74) is 0. The first-order chi connectivity index (χ1) is 31.5. The highest BCUT2D eigenvalue weighted by atomic mass is 16.5. The average Bonchev–Trinajstić information content (AvgIpc) is 3.29. The van der Waals surface area contributed by atoms with Crippen molar-refractivity contribution in [2.75, 3.05) is 6.61 Å². The zero-order valence-corrected chi connectivity index (χ0v) is 42.9. The second-order valence-corrected chi connectivity index (χ2v) is 19.3. The number of hydrogen-bond donors (Lipinski definition) is 3. The Morgan fingerprint density at radius 1 is 0.453 bits per heavy atom. The first-order valence-corrected chi connectivity index (χ1v) is 28.2. The summed E-state index contributed by atoms with van der Waals surface area (Å²) >= 11 is 0. The van der Waals surface area contributed by atoms with E-state index in [1.807, 2.05) is 0 Å². The van der Waals surface area contributed by atoms with Crippen LogP contribution in [0.4, 0.5) is 0 Å². The van der Waals surface area contributed by atoms with Gasteiger partial charge in [0.15, 0.2) is 0 Å². The molecule has 0 bridgehead atoms. The van der Waals surface area contributed by atoms with Gasteiger partial charge in [-0.25, -0.2) is 0 Å². The largest absolute Gasteiger partial charge is 0.462 e. The molecule has 1 amide bonds. The molecule has 0 aliphatic heterocycles. The number of rotatable bonds is 51. The van der Waals surface area contributed by atoms with Gasteiger partial charge in [-0.1, -0.05) is 256 Å². The molecule has 0 aliphatic carbocycles. The van der Waals surface area contributed by atoms with Crippen molar-refractivity contribution in [2.45, 2.75) is 315 Å². The molecule has 0 heterocycles.